The van der Waals surface area contributed by atoms with Gasteiger partial charge in [0.1, 0.15) is 34.7 Å². The lowest BCUT2D eigenvalue weighted by Crippen LogP contribution is -2.33. The largest absolute Gasteiger partial charge is 0.394 e. The SMILES string of the molecule is N#Cc1cn([C@H]2O[C@@H](CO)[C@@H](O)[C@@H]2O)c2[nH]cnc(=S)c12. The Morgan fingerprint density at radius 2 is 2.24 bits per heavy atom. The predicted octanol–water partition coefficient (Wildman–Crippen LogP) is -0.423. The van der Waals surface area contributed by atoms with E-state index >= 15 is 0 Å². The van der Waals surface area contributed by atoms with Crippen molar-refractivity contribution >= 4 is 23.3 Å². The fraction of sp³-hybridized carbons (Fsp3) is 0.417. The van der Waals surface area contributed by atoms with Crippen molar-refractivity contribution in [3.05, 3.63) is 22.7 Å². The molecule has 1 aliphatic rings. The zero-order valence-corrected chi connectivity index (χ0v) is 11.5. The van der Waals surface area contributed by atoms with Crippen LogP contribution in [-0.4, -0.2) is 54.8 Å². The van der Waals surface area contributed by atoms with E-state index in [2.05, 4.69) is 9.97 Å². The van der Waals surface area contributed by atoms with Crippen LogP contribution in [-0.2, 0) is 4.74 Å². The van der Waals surface area contributed by atoms with E-state index in [0.29, 0.717) is 11.0 Å². The van der Waals surface area contributed by atoms with Crippen LogP contribution >= 0.6 is 12.2 Å². The maximum Gasteiger partial charge on any atom is 0.164 e. The van der Waals surface area contributed by atoms with Gasteiger partial charge < -0.3 is 29.6 Å². The van der Waals surface area contributed by atoms with Gasteiger partial charge in [-0.1, -0.05) is 12.2 Å². The minimum atomic E-state index is -1.24. The summed E-state index contributed by atoms with van der Waals surface area (Å²) in [5, 5.41) is 38.7. The first-order valence-corrected chi connectivity index (χ1v) is 6.60. The molecule has 2 aromatic heterocycles. The van der Waals surface area contributed by atoms with Crippen LogP contribution in [0.5, 0.6) is 0 Å². The summed E-state index contributed by atoms with van der Waals surface area (Å²) in [6.45, 7) is -0.420. The van der Waals surface area contributed by atoms with Gasteiger partial charge >= 0.3 is 0 Å². The number of H-pyrrole nitrogens is 1. The highest BCUT2D eigenvalue weighted by atomic mass is 32.1. The van der Waals surface area contributed by atoms with Gasteiger partial charge in [0.2, 0.25) is 0 Å². The van der Waals surface area contributed by atoms with Crippen molar-refractivity contribution < 1.29 is 20.1 Å². The van der Waals surface area contributed by atoms with Crippen LogP contribution in [0.2, 0.25) is 0 Å². The molecule has 9 heteroatoms. The van der Waals surface area contributed by atoms with Crippen LogP contribution in [0.4, 0.5) is 0 Å². The molecule has 0 spiro atoms. The van der Waals surface area contributed by atoms with Crippen molar-refractivity contribution in [2.24, 2.45) is 0 Å². The lowest BCUT2D eigenvalue weighted by molar-refractivity contribution is -0.0508. The van der Waals surface area contributed by atoms with Crippen LogP contribution in [0.1, 0.15) is 11.8 Å². The van der Waals surface area contributed by atoms with E-state index in [1.807, 2.05) is 6.07 Å². The van der Waals surface area contributed by atoms with E-state index < -0.39 is 31.1 Å². The number of nitrogens with zero attached hydrogens (tertiary/aromatic N) is 3. The Labute approximate surface area is 123 Å². The van der Waals surface area contributed by atoms with E-state index in [4.69, 9.17) is 22.1 Å². The lowest BCUT2D eigenvalue weighted by atomic mass is 10.1. The summed E-state index contributed by atoms with van der Waals surface area (Å²) in [4.78, 5) is 6.78. The molecular formula is C12H12N4O4S. The fourth-order valence-electron chi connectivity index (χ4n) is 2.50. The maximum atomic E-state index is 10.1. The molecule has 1 aliphatic heterocycles. The van der Waals surface area contributed by atoms with Gasteiger partial charge in [-0.2, -0.15) is 5.26 Å². The summed E-state index contributed by atoms with van der Waals surface area (Å²) in [6.07, 6.45) is -1.43. The van der Waals surface area contributed by atoms with Crippen LogP contribution < -0.4 is 0 Å². The third-order valence-electron chi connectivity index (χ3n) is 3.54. The van der Waals surface area contributed by atoms with Crippen molar-refractivity contribution in [2.45, 2.75) is 24.5 Å². The van der Waals surface area contributed by atoms with Gasteiger partial charge in [-0.25, -0.2) is 4.98 Å². The number of ether oxygens (including phenoxy) is 1. The first kappa shape index (κ1) is 14.1. The average Bonchev–Trinajstić information content (AvgIpc) is 2.99. The molecule has 0 saturated carbocycles. The molecule has 3 heterocycles. The van der Waals surface area contributed by atoms with Crippen LogP contribution in [0.3, 0.4) is 0 Å². The number of aliphatic hydroxyl groups is 3. The lowest BCUT2D eigenvalue weighted by Gasteiger charge is -2.17. The number of nitriles is 1. The van der Waals surface area contributed by atoms with Gasteiger partial charge in [0.25, 0.3) is 0 Å². The van der Waals surface area contributed by atoms with Crippen molar-refractivity contribution in [1.82, 2.24) is 14.5 Å². The van der Waals surface area contributed by atoms with Crippen molar-refractivity contribution in [3.63, 3.8) is 0 Å². The number of fused-ring (bicyclic) bond motifs is 1. The number of hydrogen-bond acceptors (Lipinski definition) is 7. The Hall–Kier alpha value is -1.83. The van der Waals surface area contributed by atoms with Gasteiger partial charge in [0.15, 0.2) is 6.23 Å². The minimum absolute atomic E-state index is 0.255. The molecule has 0 unspecified atom stereocenters. The van der Waals surface area contributed by atoms with Crippen molar-refractivity contribution in [2.75, 3.05) is 6.61 Å². The highest BCUT2D eigenvalue weighted by Crippen LogP contribution is 2.33. The zero-order chi connectivity index (χ0) is 15.1. The van der Waals surface area contributed by atoms with Gasteiger partial charge in [-0.15, -0.1) is 0 Å². The topological polar surface area (TPSA) is 127 Å². The fourth-order valence-corrected chi connectivity index (χ4v) is 2.76. The molecule has 0 aromatic carbocycles. The third kappa shape index (κ3) is 2.05. The number of aromatic amines is 1. The summed E-state index contributed by atoms with van der Waals surface area (Å²) < 4.78 is 7.19. The Bertz CT molecular complexity index is 780. The Morgan fingerprint density at radius 3 is 2.86 bits per heavy atom. The number of aliphatic hydroxyl groups excluding tert-OH is 3. The summed E-state index contributed by atoms with van der Waals surface area (Å²) in [7, 11) is 0. The molecule has 4 atom stereocenters. The summed E-state index contributed by atoms with van der Waals surface area (Å²) in [5.74, 6) is 0. The van der Waals surface area contributed by atoms with Crippen molar-refractivity contribution in [1.29, 1.82) is 5.26 Å². The molecule has 0 amide bonds. The highest BCUT2D eigenvalue weighted by molar-refractivity contribution is 7.71. The quantitative estimate of drug-likeness (QED) is 0.555. The number of rotatable bonds is 2. The van der Waals surface area contributed by atoms with Crippen molar-refractivity contribution in [3.8, 4) is 6.07 Å². The van der Waals surface area contributed by atoms with E-state index in [9.17, 15) is 15.5 Å². The molecule has 0 aliphatic carbocycles. The normalized spacial score (nSPS) is 28.9. The van der Waals surface area contributed by atoms with Gasteiger partial charge in [0.05, 0.1) is 23.9 Å². The zero-order valence-electron chi connectivity index (χ0n) is 10.7. The van der Waals surface area contributed by atoms with E-state index in [1.54, 1.807) is 0 Å². The third-order valence-corrected chi connectivity index (χ3v) is 3.85. The Balaban J connectivity index is 2.17. The Kier molecular flexibility index (Phi) is 3.48. The monoisotopic (exact) mass is 308 g/mol. The molecule has 0 bridgehead atoms. The van der Waals surface area contributed by atoms with E-state index in [0.717, 1.165) is 0 Å². The second-order valence-electron chi connectivity index (χ2n) is 4.72. The van der Waals surface area contributed by atoms with E-state index in [1.165, 1.54) is 17.1 Å². The molecule has 4 N–H and O–H groups in total. The molecule has 21 heavy (non-hydrogen) atoms. The highest BCUT2D eigenvalue weighted by Gasteiger charge is 2.43. The smallest absolute Gasteiger partial charge is 0.164 e. The molecular weight excluding hydrogens is 296 g/mol. The van der Waals surface area contributed by atoms with Crippen LogP contribution in [0.15, 0.2) is 12.5 Å². The maximum absolute atomic E-state index is 10.1. The summed E-state index contributed by atoms with van der Waals surface area (Å²) in [6, 6.07) is 2.01. The number of nitrogens with one attached hydrogen (secondary N) is 1. The molecule has 3 rings (SSSR count). The first-order chi connectivity index (χ1) is 10.1. The van der Waals surface area contributed by atoms with Gasteiger partial charge in [0, 0.05) is 6.20 Å². The van der Waals surface area contributed by atoms with E-state index in [-0.39, 0.29) is 10.2 Å². The molecule has 2 aromatic rings. The molecule has 1 fully saturated rings. The second-order valence-corrected chi connectivity index (χ2v) is 5.11. The molecule has 1 saturated heterocycles. The molecule has 110 valence electrons. The number of aromatic nitrogens is 3. The number of hydrogen-bond donors (Lipinski definition) is 4. The van der Waals surface area contributed by atoms with Crippen LogP contribution in [0, 0.1) is 16.0 Å². The molecule has 8 nitrogen and oxygen atoms in total. The van der Waals surface area contributed by atoms with Gasteiger partial charge in [-0.05, 0) is 0 Å². The summed E-state index contributed by atoms with van der Waals surface area (Å²) >= 11 is 5.11. The second kappa shape index (κ2) is 5.18. The standard InChI is InChI=1S/C12H12N4O4S/c13-1-5-2-16(10-7(5)11(21)15-4-14-10)12-9(19)8(18)6(3-17)20-12/h2,4,6,8-9,12,17-19H,3H2,(H,14,15,21)/t6-,8+,9-,12-/m0/s1. The summed E-state index contributed by atoms with van der Waals surface area (Å²) in [5.41, 5.74) is 0.749. The molecule has 0 radical (unpaired) electrons. The van der Waals surface area contributed by atoms with Crippen LogP contribution in [0.25, 0.3) is 11.0 Å². The Morgan fingerprint density at radius 1 is 1.48 bits per heavy atom. The first-order valence-electron chi connectivity index (χ1n) is 6.19. The predicted molar refractivity (Wildman–Crippen MR) is 72.6 cm³/mol. The van der Waals surface area contributed by atoms with Gasteiger partial charge in [-0.3, -0.25) is 0 Å². The average molecular weight is 308 g/mol. The minimum Gasteiger partial charge on any atom is -0.394 e.